The van der Waals surface area contributed by atoms with E-state index in [1.807, 2.05) is 68.4 Å². The molecular formula is C20H20ClN3O2. The van der Waals surface area contributed by atoms with Crippen molar-refractivity contribution in [2.24, 2.45) is 0 Å². The molecule has 26 heavy (non-hydrogen) atoms. The van der Waals surface area contributed by atoms with Gasteiger partial charge in [0.1, 0.15) is 12.4 Å². The van der Waals surface area contributed by atoms with Crippen molar-refractivity contribution in [1.82, 2.24) is 15.3 Å². The number of nitrogens with one attached hydrogen (secondary N) is 2. The van der Waals surface area contributed by atoms with E-state index >= 15 is 0 Å². The SMILES string of the molecule is CC(C)(NC(=O)OCc1ccccc1)c1ncc(-c2ccc(Cl)cc2)[nH]1. The minimum Gasteiger partial charge on any atom is -0.445 e. The largest absolute Gasteiger partial charge is 0.445 e. The second-order valence-corrected chi connectivity index (χ2v) is 6.90. The van der Waals surface area contributed by atoms with Crippen LogP contribution in [0.4, 0.5) is 4.79 Å². The summed E-state index contributed by atoms with van der Waals surface area (Å²) in [6.07, 6.45) is 1.24. The molecule has 1 amide bonds. The molecule has 3 aromatic rings. The van der Waals surface area contributed by atoms with E-state index in [0.717, 1.165) is 16.8 Å². The van der Waals surface area contributed by atoms with Gasteiger partial charge in [-0.3, -0.25) is 0 Å². The Kier molecular flexibility index (Phi) is 5.28. The number of ether oxygens (including phenoxy) is 1. The van der Waals surface area contributed by atoms with Gasteiger partial charge in [-0.25, -0.2) is 9.78 Å². The van der Waals surface area contributed by atoms with Crippen molar-refractivity contribution in [2.45, 2.75) is 26.0 Å². The number of imidazole rings is 1. The van der Waals surface area contributed by atoms with E-state index in [-0.39, 0.29) is 6.61 Å². The van der Waals surface area contributed by atoms with E-state index in [1.54, 1.807) is 6.20 Å². The predicted molar refractivity (Wildman–Crippen MR) is 102 cm³/mol. The van der Waals surface area contributed by atoms with Gasteiger partial charge in [0.15, 0.2) is 0 Å². The zero-order valence-electron chi connectivity index (χ0n) is 14.6. The number of hydrogen-bond acceptors (Lipinski definition) is 3. The third kappa shape index (κ3) is 4.43. The quantitative estimate of drug-likeness (QED) is 0.672. The fraction of sp³-hybridized carbons (Fsp3) is 0.200. The molecule has 1 aromatic heterocycles. The second-order valence-electron chi connectivity index (χ2n) is 6.46. The Balaban J connectivity index is 1.64. The predicted octanol–water partition coefficient (Wildman–Crippen LogP) is 4.89. The maximum Gasteiger partial charge on any atom is 0.408 e. The zero-order valence-corrected chi connectivity index (χ0v) is 15.4. The minimum absolute atomic E-state index is 0.219. The average molecular weight is 370 g/mol. The summed E-state index contributed by atoms with van der Waals surface area (Å²) >= 11 is 5.92. The highest BCUT2D eigenvalue weighted by Crippen LogP contribution is 2.23. The molecule has 0 radical (unpaired) electrons. The molecule has 0 aliphatic heterocycles. The number of nitrogens with zero attached hydrogens (tertiary/aromatic N) is 1. The molecule has 0 saturated heterocycles. The first-order valence-corrected chi connectivity index (χ1v) is 8.62. The smallest absolute Gasteiger partial charge is 0.408 e. The van der Waals surface area contributed by atoms with Gasteiger partial charge in [-0.1, -0.05) is 54.1 Å². The van der Waals surface area contributed by atoms with E-state index in [0.29, 0.717) is 10.8 Å². The Bertz CT molecular complexity index is 874. The summed E-state index contributed by atoms with van der Waals surface area (Å²) in [4.78, 5) is 19.8. The van der Waals surface area contributed by atoms with Crippen LogP contribution in [0.5, 0.6) is 0 Å². The number of amides is 1. The van der Waals surface area contributed by atoms with Crippen molar-refractivity contribution in [3.05, 3.63) is 77.2 Å². The van der Waals surface area contributed by atoms with E-state index in [2.05, 4.69) is 15.3 Å². The van der Waals surface area contributed by atoms with Crippen LogP contribution in [0.15, 0.2) is 60.8 Å². The van der Waals surface area contributed by atoms with Crippen LogP contribution in [0, 0.1) is 0 Å². The van der Waals surface area contributed by atoms with Crippen LogP contribution in [0.2, 0.25) is 5.02 Å². The molecule has 3 rings (SSSR count). The maximum atomic E-state index is 12.1. The summed E-state index contributed by atoms with van der Waals surface area (Å²) in [6.45, 7) is 3.94. The van der Waals surface area contributed by atoms with Crippen molar-refractivity contribution in [2.75, 3.05) is 0 Å². The van der Waals surface area contributed by atoms with Gasteiger partial charge in [0.25, 0.3) is 0 Å². The lowest BCUT2D eigenvalue weighted by Crippen LogP contribution is -2.42. The molecule has 0 aliphatic carbocycles. The molecule has 0 atom stereocenters. The van der Waals surface area contributed by atoms with Gasteiger partial charge in [-0.2, -0.15) is 0 Å². The van der Waals surface area contributed by atoms with Crippen LogP contribution in [-0.2, 0) is 16.9 Å². The summed E-state index contributed by atoms with van der Waals surface area (Å²) < 4.78 is 5.28. The molecule has 0 aliphatic rings. The summed E-state index contributed by atoms with van der Waals surface area (Å²) in [5.74, 6) is 0.638. The van der Waals surface area contributed by atoms with Gasteiger partial charge in [0, 0.05) is 5.02 Å². The topological polar surface area (TPSA) is 67.0 Å². The van der Waals surface area contributed by atoms with Crippen LogP contribution < -0.4 is 5.32 Å². The van der Waals surface area contributed by atoms with E-state index < -0.39 is 11.6 Å². The first-order chi connectivity index (χ1) is 12.4. The molecule has 0 saturated carbocycles. The molecule has 0 fully saturated rings. The Morgan fingerprint density at radius 2 is 1.85 bits per heavy atom. The highest BCUT2D eigenvalue weighted by molar-refractivity contribution is 6.30. The van der Waals surface area contributed by atoms with Crippen molar-refractivity contribution in [3.63, 3.8) is 0 Å². The van der Waals surface area contributed by atoms with Gasteiger partial charge >= 0.3 is 6.09 Å². The fourth-order valence-electron chi connectivity index (χ4n) is 2.49. The summed E-state index contributed by atoms with van der Waals surface area (Å²) in [5.41, 5.74) is 2.04. The Labute approximate surface area is 157 Å². The molecule has 0 spiro atoms. The number of alkyl carbamates (subject to hydrolysis) is 1. The van der Waals surface area contributed by atoms with Crippen LogP contribution in [-0.4, -0.2) is 16.1 Å². The van der Waals surface area contributed by atoms with Gasteiger partial charge in [0.05, 0.1) is 17.4 Å². The zero-order chi connectivity index (χ0) is 18.6. The minimum atomic E-state index is -0.710. The maximum absolute atomic E-state index is 12.1. The molecule has 5 nitrogen and oxygen atoms in total. The van der Waals surface area contributed by atoms with E-state index in [4.69, 9.17) is 16.3 Å². The lowest BCUT2D eigenvalue weighted by Gasteiger charge is -2.23. The normalized spacial score (nSPS) is 11.2. The molecule has 2 aromatic carbocycles. The third-order valence-corrected chi connectivity index (χ3v) is 4.20. The van der Waals surface area contributed by atoms with Gasteiger partial charge in [0.2, 0.25) is 0 Å². The van der Waals surface area contributed by atoms with E-state index in [9.17, 15) is 4.79 Å². The van der Waals surface area contributed by atoms with Gasteiger partial charge in [-0.15, -0.1) is 0 Å². The molecule has 134 valence electrons. The van der Waals surface area contributed by atoms with Crippen molar-refractivity contribution >= 4 is 17.7 Å². The fourth-order valence-corrected chi connectivity index (χ4v) is 2.61. The number of carbonyl (C=O) groups is 1. The molecule has 0 bridgehead atoms. The van der Waals surface area contributed by atoms with E-state index in [1.165, 1.54) is 0 Å². The highest BCUT2D eigenvalue weighted by Gasteiger charge is 2.27. The summed E-state index contributed by atoms with van der Waals surface area (Å²) in [7, 11) is 0. The van der Waals surface area contributed by atoms with Crippen molar-refractivity contribution in [1.29, 1.82) is 0 Å². The molecular weight excluding hydrogens is 350 g/mol. The Morgan fingerprint density at radius 1 is 1.15 bits per heavy atom. The standard InChI is InChI=1S/C20H20ClN3O2/c1-20(2,24-19(25)26-13-14-6-4-3-5-7-14)18-22-12-17(23-18)15-8-10-16(21)11-9-15/h3-12H,13H2,1-2H3,(H,22,23)(H,24,25). The average Bonchev–Trinajstić information content (AvgIpc) is 3.12. The van der Waals surface area contributed by atoms with Crippen molar-refractivity contribution in [3.8, 4) is 11.3 Å². The highest BCUT2D eigenvalue weighted by atomic mass is 35.5. The summed E-state index contributed by atoms with van der Waals surface area (Å²) in [6, 6.07) is 17.0. The molecule has 6 heteroatoms. The van der Waals surface area contributed by atoms with Crippen LogP contribution >= 0.6 is 11.6 Å². The second kappa shape index (κ2) is 7.62. The Morgan fingerprint density at radius 3 is 2.54 bits per heavy atom. The number of halogens is 1. The number of H-pyrrole nitrogens is 1. The Hall–Kier alpha value is -2.79. The first-order valence-electron chi connectivity index (χ1n) is 8.24. The monoisotopic (exact) mass is 369 g/mol. The number of benzene rings is 2. The van der Waals surface area contributed by atoms with Crippen LogP contribution in [0.3, 0.4) is 0 Å². The third-order valence-electron chi connectivity index (χ3n) is 3.95. The number of aromatic amines is 1. The number of carbonyl (C=O) groups excluding carboxylic acids is 1. The number of aromatic nitrogens is 2. The number of hydrogen-bond donors (Lipinski definition) is 2. The molecule has 2 N–H and O–H groups in total. The van der Waals surface area contributed by atoms with Crippen molar-refractivity contribution < 1.29 is 9.53 Å². The van der Waals surface area contributed by atoms with Crippen LogP contribution in [0.25, 0.3) is 11.3 Å². The lowest BCUT2D eigenvalue weighted by atomic mass is 10.1. The van der Waals surface area contributed by atoms with Crippen LogP contribution in [0.1, 0.15) is 25.2 Å². The lowest BCUT2D eigenvalue weighted by molar-refractivity contribution is 0.128. The van der Waals surface area contributed by atoms with Gasteiger partial charge in [-0.05, 0) is 37.1 Å². The summed E-state index contributed by atoms with van der Waals surface area (Å²) in [5, 5.41) is 3.52. The number of rotatable bonds is 5. The first kappa shape index (κ1) is 18.0. The molecule has 0 unspecified atom stereocenters. The molecule has 1 heterocycles. The van der Waals surface area contributed by atoms with Gasteiger partial charge < -0.3 is 15.0 Å².